The summed E-state index contributed by atoms with van der Waals surface area (Å²) < 4.78 is -0.0729. The van der Waals surface area contributed by atoms with Crippen molar-refractivity contribution in [3.8, 4) is 6.19 Å². The molecule has 1 aliphatic heterocycles. The minimum Gasteiger partial charge on any atom is -0.197 e. The van der Waals surface area contributed by atoms with Gasteiger partial charge in [0, 0.05) is 0 Å². The van der Waals surface area contributed by atoms with E-state index in [9.17, 15) is 0 Å². The fourth-order valence-corrected chi connectivity index (χ4v) is 0.381. The van der Waals surface area contributed by atoms with Crippen LogP contribution in [0.2, 0.25) is 0 Å². The van der Waals surface area contributed by atoms with E-state index in [1.165, 1.54) is 0 Å². The van der Waals surface area contributed by atoms with Gasteiger partial charge in [-0.2, -0.15) is 5.21 Å². The van der Waals surface area contributed by atoms with Crippen molar-refractivity contribution in [3.05, 3.63) is 4.85 Å². The Hall–Kier alpha value is -0.590. The second-order valence-electron chi connectivity index (χ2n) is 1.69. The first-order valence-electron chi connectivity index (χ1n) is 2.23. The summed E-state index contributed by atoms with van der Waals surface area (Å²) in [4.78, 5) is 3.54. The second kappa shape index (κ2) is 1.19. The molecule has 0 unspecified atom stereocenters. The average molecular weight is 100 g/mol. The van der Waals surface area contributed by atoms with Crippen molar-refractivity contribution in [1.82, 2.24) is 0 Å². The maximum Gasteiger partial charge on any atom is 0.561 e. The van der Waals surface area contributed by atoms with E-state index < -0.39 is 0 Å². The number of quaternary nitrogens is 1. The molecule has 38 valence electrons. The van der Waals surface area contributed by atoms with E-state index in [1.807, 2.05) is 0 Å². The first kappa shape index (κ1) is 4.57. The molecule has 0 saturated carbocycles. The molecule has 3 heteroatoms. The van der Waals surface area contributed by atoms with Crippen LogP contribution in [0.1, 0.15) is 0 Å². The highest BCUT2D eigenvalue weighted by Crippen LogP contribution is 2.12. The first-order chi connectivity index (χ1) is 3.27. The molecule has 7 heavy (non-hydrogen) atoms. The Bertz CT molecular complexity index is 128. The third-order valence-corrected chi connectivity index (χ3v) is 0.933. The number of rotatable bonds is 0. The molecule has 1 N–H and O–H groups in total. The van der Waals surface area contributed by atoms with E-state index in [2.05, 4.69) is 11.0 Å². The van der Waals surface area contributed by atoms with Crippen LogP contribution in [-0.2, 0) is 0 Å². The quantitative estimate of drug-likeness (QED) is 0.261. The molecule has 0 bridgehead atoms. The molecule has 0 aromatic heterocycles. The lowest BCUT2D eigenvalue weighted by Gasteiger charge is -1.80. The molecule has 1 saturated heterocycles. The van der Waals surface area contributed by atoms with Gasteiger partial charge in [-0.3, -0.25) is 0 Å². The molecule has 1 rings (SSSR count). The van der Waals surface area contributed by atoms with Crippen molar-refractivity contribution in [2.24, 2.45) is 0 Å². The van der Waals surface area contributed by atoms with Crippen molar-refractivity contribution in [2.45, 2.75) is 0 Å². The number of hydrogen-bond donors (Lipinski definition) is 1. The molecule has 0 radical (unpaired) electrons. The van der Waals surface area contributed by atoms with Crippen LogP contribution in [0.4, 0.5) is 0 Å². The Labute approximate surface area is 42.1 Å². The lowest BCUT2D eigenvalue weighted by Crippen LogP contribution is -2.10. The Morgan fingerprint density at radius 1 is 1.71 bits per heavy atom. The highest BCUT2D eigenvalue weighted by Gasteiger charge is 2.47. The molecule has 0 spiro atoms. The van der Waals surface area contributed by atoms with Gasteiger partial charge in [0.05, 0.1) is 0 Å². The third kappa shape index (κ3) is 0.889. The zero-order valence-electron chi connectivity index (χ0n) is 4.26. The molecule has 3 nitrogen and oxygen atoms in total. The lowest BCUT2D eigenvalue weighted by molar-refractivity contribution is -0.942. The highest BCUT2D eigenvalue weighted by molar-refractivity contribution is 4.73. The Balaban J connectivity index is 2.50. The molecular formula is C4H8N2O+2. The minimum absolute atomic E-state index is 0.0729. The van der Waals surface area contributed by atoms with E-state index in [4.69, 9.17) is 5.21 Å². The van der Waals surface area contributed by atoms with Crippen LogP contribution >= 0.6 is 0 Å². The van der Waals surface area contributed by atoms with Crippen LogP contribution in [-0.4, -0.2) is 30.0 Å². The molecule has 1 heterocycles. The van der Waals surface area contributed by atoms with Gasteiger partial charge in [0.25, 0.3) is 7.05 Å². The Kier molecular flexibility index (Phi) is 0.775. The van der Waals surface area contributed by atoms with Crippen LogP contribution in [0.15, 0.2) is 0 Å². The van der Waals surface area contributed by atoms with Gasteiger partial charge < -0.3 is 0 Å². The lowest BCUT2D eigenvalue weighted by atomic mass is 11.0. The number of hydroxylamine groups is 3. The largest absolute Gasteiger partial charge is 0.561 e. The molecule has 0 aromatic carbocycles. The molecule has 1 aliphatic rings. The van der Waals surface area contributed by atoms with Crippen molar-refractivity contribution < 1.29 is 9.85 Å². The van der Waals surface area contributed by atoms with Crippen LogP contribution in [0, 0.1) is 6.19 Å². The zero-order chi connectivity index (χ0) is 5.33. The monoisotopic (exact) mass is 100 g/mol. The van der Waals surface area contributed by atoms with Crippen LogP contribution < -0.4 is 0 Å². The standard InChI is InChI=1S/C4H8N2O/c1-5-4-6(7)2-3-6/h7H,2-3H2,1H3/q+2. The van der Waals surface area contributed by atoms with Crippen molar-refractivity contribution in [2.75, 3.05) is 20.1 Å². The van der Waals surface area contributed by atoms with Crippen LogP contribution in [0.5, 0.6) is 0 Å². The van der Waals surface area contributed by atoms with Gasteiger partial charge in [-0.1, -0.05) is 0 Å². The topological polar surface area (TPSA) is 24.6 Å². The average Bonchev–Trinajstić information content (AvgIpc) is 2.22. The minimum atomic E-state index is -0.0729. The van der Waals surface area contributed by atoms with E-state index in [-0.39, 0.29) is 4.65 Å². The summed E-state index contributed by atoms with van der Waals surface area (Å²) in [5, 5.41) is 8.86. The van der Waals surface area contributed by atoms with Crippen molar-refractivity contribution in [1.29, 1.82) is 0 Å². The fraction of sp³-hybridized carbons (Fsp3) is 0.750. The van der Waals surface area contributed by atoms with E-state index in [1.54, 1.807) is 7.05 Å². The van der Waals surface area contributed by atoms with E-state index >= 15 is 0 Å². The Morgan fingerprint density at radius 3 is 2.43 bits per heavy atom. The summed E-state index contributed by atoms with van der Waals surface area (Å²) in [5.41, 5.74) is 0. The summed E-state index contributed by atoms with van der Waals surface area (Å²) in [6.07, 6.45) is 2.51. The highest BCUT2D eigenvalue weighted by atomic mass is 16.6. The van der Waals surface area contributed by atoms with Gasteiger partial charge in [-0.25, -0.2) is 0 Å². The maximum atomic E-state index is 8.86. The molecule has 0 amide bonds. The van der Waals surface area contributed by atoms with Crippen LogP contribution in [0.25, 0.3) is 4.85 Å². The molecule has 0 aromatic rings. The van der Waals surface area contributed by atoms with Gasteiger partial charge in [-0.05, 0) is 9.49 Å². The first-order valence-corrected chi connectivity index (χ1v) is 2.23. The van der Waals surface area contributed by atoms with E-state index in [0.717, 1.165) is 13.1 Å². The van der Waals surface area contributed by atoms with Gasteiger partial charge in [-0.15, -0.1) is 0 Å². The summed E-state index contributed by atoms with van der Waals surface area (Å²) in [7, 11) is 1.61. The second-order valence-corrected chi connectivity index (χ2v) is 1.69. The van der Waals surface area contributed by atoms with Gasteiger partial charge >= 0.3 is 6.19 Å². The summed E-state index contributed by atoms with van der Waals surface area (Å²) in [6.45, 7) is 1.55. The van der Waals surface area contributed by atoms with Crippen molar-refractivity contribution >= 4 is 0 Å². The molecule has 0 aliphatic carbocycles. The van der Waals surface area contributed by atoms with Gasteiger partial charge in [0.15, 0.2) is 13.1 Å². The molecular weight excluding hydrogens is 92.1 g/mol. The summed E-state index contributed by atoms with van der Waals surface area (Å²) >= 11 is 0. The SMILES string of the molecule is C[N+]#C[N+]1(O)CC1. The number of hydrogen-bond acceptors (Lipinski definition) is 1. The predicted molar refractivity (Wildman–Crippen MR) is 25.0 cm³/mol. The van der Waals surface area contributed by atoms with Crippen molar-refractivity contribution in [3.63, 3.8) is 0 Å². The maximum absolute atomic E-state index is 8.86. The fourth-order valence-electron chi connectivity index (χ4n) is 0.381. The smallest absolute Gasteiger partial charge is 0.197 e. The van der Waals surface area contributed by atoms with Gasteiger partial charge in [0.2, 0.25) is 0 Å². The summed E-state index contributed by atoms with van der Waals surface area (Å²) in [6, 6.07) is 0. The van der Waals surface area contributed by atoms with Gasteiger partial charge in [0.1, 0.15) is 0 Å². The Morgan fingerprint density at radius 2 is 2.29 bits per heavy atom. The third-order valence-electron chi connectivity index (χ3n) is 0.933. The van der Waals surface area contributed by atoms with Crippen LogP contribution in [0.3, 0.4) is 0 Å². The molecule has 1 fully saturated rings. The normalized spacial score (nSPS) is 22.6. The number of nitrogens with zero attached hydrogens (tertiary/aromatic N) is 2. The predicted octanol–water partition coefficient (Wildman–Crippen LogP) is 0.126. The zero-order valence-corrected chi connectivity index (χ0v) is 4.26. The van der Waals surface area contributed by atoms with E-state index in [0.29, 0.717) is 0 Å². The summed E-state index contributed by atoms with van der Waals surface area (Å²) in [5.74, 6) is 0. The molecule has 0 atom stereocenters.